The second kappa shape index (κ2) is 6.89. The van der Waals surface area contributed by atoms with Crippen molar-refractivity contribution in [3.05, 3.63) is 29.3 Å². The van der Waals surface area contributed by atoms with Gasteiger partial charge in [-0.1, -0.05) is 17.7 Å². The van der Waals surface area contributed by atoms with Crippen molar-refractivity contribution < 1.29 is 19.8 Å². The number of nitrogens with zero attached hydrogens (tertiary/aromatic N) is 1. The molecule has 2 unspecified atom stereocenters. The summed E-state index contributed by atoms with van der Waals surface area (Å²) in [5.74, 6) is -1.19. The predicted octanol–water partition coefficient (Wildman–Crippen LogP) is 1.19. The highest BCUT2D eigenvalue weighted by Gasteiger charge is 2.35. The first kappa shape index (κ1) is 15.8. The summed E-state index contributed by atoms with van der Waals surface area (Å²) in [5.41, 5.74) is 0.601. The number of amides is 1. The van der Waals surface area contributed by atoms with E-state index in [9.17, 15) is 14.7 Å². The third kappa shape index (κ3) is 4.42. The van der Waals surface area contributed by atoms with Gasteiger partial charge in [-0.15, -0.1) is 0 Å². The lowest BCUT2D eigenvalue weighted by Crippen LogP contribution is -2.37. The molecule has 0 radical (unpaired) electrons. The van der Waals surface area contributed by atoms with E-state index in [1.807, 2.05) is 0 Å². The molecule has 114 valence electrons. The number of carboxylic acid groups (broad SMARTS) is 1. The van der Waals surface area contributed by atoms with E-state index in [-0.39, 0.29) is 25.3 Å². The van der Waals surface area contributed by atoms with Gasteiger partial charge in [0, 0.05) is 36.6 Å². The molecule has 21 heavy (non-hydrogen) atoms. The van der Waals surface area contributed by atoms with Crippen LogP contribution in [0.5, 0.6) is 0 Å². The Morgan fingerprint density at radius 2 is 2.19 bits per heavy atom. The second-order valence-corrected chi connectivity index (χ2v) is 5.48. The van der Waals surface area contributed by atoms with Crippen molar-refractivity contribution in [3.63, 3.8) is 0 Å². The van der Waals surface area contributed by atoms with Crippen molar-refractivity contribution in [1.82, 2.24) is 4.90 Å². The number of aliphatic hydroxyl groups is 1. The first-order valence-electron chi connectivity index (χ1n) is 6.66. The minimum atomic E-state index is -0.971. The number of β-amino-alcohol motifs (C(OH)–C–C–N with tert-alkyl or cyclic N) is 1. The topological polar surface area (TPSA) is 89.9 Å². The molecule has 0 aliphatic carbocycles. The maximum Gasteiger partial charge on any atom is 0.321 e. The van der Waals surface area contributed by atoms with Crippen molar-refractivity contribution in [2.24, 2.45) is 0 Å². The van der Waals surface area contributed by atoms with Gasteiger partial charge < -0.3 is 15.5 Å². The van der Waals surface area contributed by atoms with Crippen LogP contribution in [0.15, 0.2) is 24.3 Å². The van der Waals surface area contributed by atoms with Crippen LogP contribution in [0, 0.1) is 0 Å². The maximum absolute atomic E-state index is 11.8. The van der Waals surface area contributed by atoms with Crippen molar-refractivity contribution in [2.45, 2.75) is 25.0 Å². The molecule has 0 saturated carbocycles. The zero-order valence-electron chi connectivity index (χ0n) is 11.3. The molecule has 1 heterocycles. The van der Waals surface area contributed by atoms with E-state index in [2.05, 4.69) is 5.32 Å². The summed E-state index contributed by atoms with van der Waals surface area (Å²) < 4.78 is 0. The van der Waals surface area contributed by atoms with Gasteiger partial charge in [-0.2, -0.15) is 0 Å². The van der Waals surface area contributed by atoms with Crippen molar-refractivity contribution in [2.75, 3.05) is 18.4 Å². The van der Waals surface area contributed by atoms with Gasteiger partial charge >= 0.3 is 5.97 Å². The number of halogens is 1. The van der Waals surface area contributed by atoms with E-state index < -0.39 is 18.1 Å². The third-order valence-electron chi connectivity index (χ3n) is 3.40. The zero-order valence-corrected chi connectivity index (χ0v) is 12.1. The lowest BCUT2D eigenvalue weighted by molar-refractivity contribution is -0.142. The zero-order chi connectivity index (χ0) is 15.4. The Labute approximate surface area is 127 Å². The third-order valence-corrected chi connectivity index (χ3v) is 3.64. The minimum absolute atomic E-state index is 0.156. The molecule has 1 aromatic carbocycles. The molecule has 2 atom stereocenters. The predicted molar refractivity (Wildman–Crippen MR) is 78.3 cm³/mol. The largest absolute Gasteiger partial charge is 0.480 e. The Bertz CT molecular complexity index is 537. The van der Waals surface area contributed by atoms with Crippen molar-refractivity contribution >= 4 is 29.2 Å². The van der Waals surface area contributed by atoms with E-state index in [1.54, 1.807) is 29.2 Å². The van der Waals surface area contributed by atoms with Crippen LogP contribution >= 0.6 is 11.6 Å². The molecule has 1 fully saturated rings. The highest BCUT2D eigenvalue weighted by atomic mass is 35.5. The fraction of sp³-hybridized carbons (Fsp3) is 0.429. The summed E-state index contributed by atoms with van der Waals surface area (Å²) in [5, 5.41) is 21.8. The van der Waals surface area contributed by atoms with Gasteiger partial charge in [0.1, 0.15) is 6.04 Å². The minimum Gasteiger partial charge on any atom is -0.480 e. The van der Waals surface area contributed by atoms with E-state index in [4.69, 9.17) is 16.7 Å². The second-order valence-electron chi connectivity index (χ2n) is 5.05. The summed E-state index contributed by atoms with van der Waals surface area (Å²) in [6, 6.07) is 6.08. The quantitative estimate of drug-likeness (QED) is 0.760. The standard InChI is InChI=1S/C14H17ClN2O4/c15-9-2-1-3-10(6-9)16-13(19)4-5-17-8-11(18)7-12(17)14(20)21/h1-3,6,11-12,18H,4-5,7-8H2,(H,16,19)(H,20,21). The number of likely N-dealkylation sites (tertiary alicyclic amines) is 1. The van der Waals surface area contributed by atoms with E-state index in [1.165, 1.54) is 0 Å². The Kier molecular flexibility index (Phi) is 5.17. The molecule has 6 nitrogen and oxygen atoms in total. The molecular formula is C14H17ClN2O4. The summed E-state index contributed by atoms with van der Waals surface area (Å²) >= 11 is 5.83. The number of carbonyl (C=O) groups excluding carboxylic acids is 1. The average Bonchev–Trinajstić information content (AvgIpc) is 2.78. The molecule has 0 spiro atoms. The molecule has 3 N–H and O–H groups in total. The molecule has 0 aromatic heterocycles. The summed E-state index contributed by atoms with van der Waals surface area (Å²) in [6.45, 7) is 0.571. The fourth-order valence-corrected chi connectivity index (χ4v) is 2.61. The van der Waals surface area contributed by atoms with Gasteiger partial charge in [-0.05, 0) is 18.2 Å². The molecule has 7 heteroatoms. The first-order chi connectivity index (χ1) is 9.95. The molecule has 1 amide bonds. The molecule has 1 aromatic rings. The van der Waals surface area contributed by atoms with Crippen LogP contribution < -0.4 is 5.32 Å². The first-order valence-corrected chi connectivity index (χ1v) is 7.04. The van der Waals surface area contributed by atoms with Crippen LogP contribution in [0.3, 0.4) is 0 Å². The Morgan fingerprint density at radius 1 is 1.43 bits per heavy atom. The van der Waals surface area contributed by atoms with Crippen LogP contribution in [-0.2, 0) is 9.59 Å². The number of carboxylic acids is 1. The van der Waals surface area contributed by atoms with Gasteiger partial charge in [-0.25, -0.2) is 0 Å². The monoisotopic (exact) mass is 312 g/mol. The van der Waals surface area contributed by atoms with Gasteiger partial charge in [0.2, 0.25) is 5.91 Å². The normalized spacial score (nSPS) is 22.2. The Hall–Kier alpha value is -1.63. The molecule has 1 aliphatic rings. The lowest BCUT2D eigenvalue weighted by atomic mass is 10.2. The highest BCUT2D eigenvalue weighted by molar-refractivity contribution is 6.30. The van der Waals surface area contributed by atoms with E-state index >= 15 is 0 Å². The smallest absolute Gasteiger partial charge is 0.321 e. The van der Waals surface area contributed by atoms with E-state index in [0.717, 1.165) is 0 Å². The van der Waals surface area contributed by atoms with Crippen LogP contribution in [0.2, 0.25) is 5.02 Å². The van der Waals surface area contributed by atoms with Gasteiger partial charge in [0.25, 0.3) is 0 Å². The van der Waals surface area contributed by atoms with Crippen LogP contribution in [0.25, 0.3) is 0 Å². The summed E-state index contributed by atoms with van der Waals surface area (Å²) in [6.07, 6.45) is -0.295. The summed E-state index contributed by atoms with van der Waals surface area (Å²) in [7, 11) is 0. The number of hydrogen-bond acceptors (Lipinski definition) is 4. The number of nitrogens with one attached hydrogen (secondary N) is 1. The molecule has 2 rings (SSSR count). The SMILES string of the molecule is O=C(CCN1CC(O)CC1C(=O)O)Nc1cccc(Cl)c1. The molecular weight excluding hydrogens is 296 g/mol. The molecule has 1 saturated heterocycles. The van der Waals surface area contributed by atoms with Crippen LogP contribution in [0.4, 0.5) is 5.69 Å². The number of rotatable bonds is 5. The van der Waals surface area contributed by atoms with Crippen LogP contribution in [-0.4, -0.2) is 52.2 Å². The molecule has 0 bridgehead atoms. The number of anilines is 1. The number of aliphatic carboxylic acids is 1. The highest BCUT2D eigenvalue weighted by Crippen LogP contribution is 2.19. The maximum atomic E-state index is 11.8. The molecule has 1 aliphatic heterocycles. The van der Waals surface area contributed by atoms with Crippen molar-refractivity contribution in [3.8, 4) is 0 Å². The average molecular weight is 313 g/mol. The van der Waals surface area contributed by atoms with Gasteiger partial charge in [-0.3, -0.25) is 14.5 Å². The van der Waals surface area contributed by atoms with E-state index in [0.29, 0.717) is 17.3 Å². The Morgan fingerprint density at radius 3 is 2.86 bits per heavy atom. The Balaban J connectivity index is 1.85. The lowest BCUT2D eigenvalue weighted by Gasteiger charge is -2.20. The van der Waals surface area contributed by atoms with Gasteiger partial charge in [0.15, 0.2) is 0 Å². The number of benzene rings is 1. The number of hydrogen-bond donors (Lipinski definition) is 3. The van der Waals surface area contributed by atoms with Crippen LogP contribution in [0.1, 0.15) is 12.8 Å². The number of aliphatic hydroxyl groups excluding tert-OH is 1. The summed E-state index contributed by atoms with van der Waals surface area (Å²) in [4.78, 5) is 24.5. The van der Waals surface area contributed by atoms with Crippen molar-refractivity contribution in [1.29, 1.82) is 0 Å². The fourth-order valence-electron chi connectivity index (χ4n) is 2.42. The van der Waals surface area contributed by atoms with Gasteiger partial charge in [0.05, 0.1) is 6.10 Å². The number of carbonyl (C=O) groups is 2.